The van der Waals surface area contributed by atoms with Crippen LogP contribution in [0.1, 0.15) is 6.42 Å². The fourth-order valence-corrected chi connectivity index (χ4v) is 2.17. The molecule has 1 fully saturated rings. The molecule has 0 unspecified atom stereocenters. The minimum atomic E-state index is -1.05. The van der Waals surface area contributed by atoms with Crippen molar-refractivity contribution in [2.75, 3.05) is 19.0 Å². The summed E-state index contributed by atoms with van der Waals surface area (Å²) in [6.07, 6.45) is 1.39. The zero-order chi connectivity index (χ0) is 14.7. The molecular formula is C12H14ClN3O4. The molecule has 1 saturated heterocycles. The van der Waals surface area contributed by atoms with Gasteiger partial charge in [-0.15, -0.1) is 0 Å². The SMILES string of the molecule is CO[C@@H]1C[C@H](C(=O)O)N(C(=O)Nc2ccc(Cl)cn2)C1. The summed E-state index contributed by atoms with van der Waals surface area (Å²) in [5, 5.41) is 12.1. The molecule has 0 aliphatic carbocycles. The second-order valence-corrected chi connectivity index (χ2v) is 4.83. The van der Waals surface area contributed by atoms with Crippen LogP contribution in [0.25, 0.3) is 0 Å². The number of aliphatic carboxylic acids is 1. The van der Waals surface area contributed by atoms with Crippen LogP contribution >= 0.6 is 11.6 Å². The fourth-order valence-electron chi connectivity index (χ4n) is 2.06. The van der Waals surface area contributed by atoms with Crippen LogP contribution in [-0.4, -0.2) is 52.8 Å². The number of hydrogen-bond donors (Lipinski definition) is 2. The molecule has 2 atom stereocenters. The molecule has 1 aromatic rings. The summed E-state index contributed by atoms with van der Waals surface area (Å²) < 4.78 is 5.12. The topological polar surface area (TPSA) is 91.8 Å². The number of urea groups is 1. The highest BCUT2D eigenvalue weighted by atomic mass is 35.5. The number of amides is 2. The van der Waals surface area contributed by atoms with Crippen molar-refractivity contribution in [1.82, 2.24) is 9.88 Å². The molecule has 0 radical (unpaired) electrons. The van der Waals surface area contributed by atoms with Crippen LogP contribution in [0.4, 0.5) is 10.6 Å². The highest BCUT2D eigenvalue weighted by Gasteiger charge is 2.39. The summed E-state index contributed by atoms with van der Waals surface area (Å²) >= 11 is 5.70. The maximum absolute atomic E-state index is 12.1. The lowest BCUT2D eigenvalue weighted by molar-refractivity contribution is -0.141. The maximum Gasteiger partial charge on any atom is 0.326 e. The monoisotopic (exact) mass is 299 g/mol. The first kappa shape index (κ1) is 14.5. The minimum Gasteiger partial charge on any atom is -0.480 e. The Kier molecular flexibility index (Phi) is 4.41. The van der Waals surface area contributed by atoms with Crippen LogP contribution in [0.5, 0.6) is 0 Å². The Morgan fingerprint density at radius 2 is 2.30 bits per heavy atom. The number of methoxy groups -OCH3 is 1. The molecule has 7 nitrogen and oxygen atoms in total. The van der Waals surface area contributed by atoms with E-state index >= 15 is 0 Å². The smallest absolute Gasteiger partial charge is 0.326 e. The van der Waals surface area contributed by atoms with Gasteiger partial charge in [0, 0.05) is 26.3 Å². The molecule has 2 rings (SSSR count). The summed E-state index contributed by atoms with van der Waals surface area (Å²) in [5.74, 6) is -0.742. The summed E-state index contributed by atoms with van der Waals surface area (Å²) in [6.45, 7) is 0.229. The van der Waals surface area contributed by atoms with Gasteiger partial charge < -0.3 is 14.7 Å². The molecule has 0 spiro atoms. The Bertz CT molecular complexity index is 508. The molecule has 2 amide bonds. The maximum atomic E-state index is 12.1. The second kappa shape index (κ2) is 6.06. The number of nitrogens with zero attached hydrogens (tertiary/aromatic N) is 2. The zero-order valence-electron chi connectivity index (χ0n) is 10.7. The van der Waals surface area contributed by atoms with Crippen molar-refractivity contribution in [2.24, 2.45) is 0 Å². The average Bonchev–Trinajstić information content (AvgIpc) is 2.86. The highest BCUT2D eigenvalue weighted by Crippen LogP contribution is 2.21. The summed E-state index contributed by atoms with van der Waals surface area (Å²) in [4.78, 5) is 28.4. The molecule has 0 saturated carbocycles. The third kappa shape index (κ3) is 3.17. The van der Waals surface area contributed by atoms with Crippen molar-refractivity contribution in [2.45, 2.75) is 18.6 Å². The molecule has 1 aliphatic heterocycles. The molecule has 1 aromatic heterocycles. The molecule has 1 aliphatic rings. The first-order valence-electron chi connectivity index (χ1n) is 5.96. The van der Waals surface area contributed by atoms with Gasteiger partial charge in [0.15, 0.2) is 0 Å². The lowest BCUT2D eigenvalue weighted by Gasteiger charge is -2.21. The minimum absolute atomic E-state index is 0.229. The molecular weight excluding hydrogens is 286 g/mol. The van der Waals surface area contributed by atoms with Gasteiger partial charge in [0.1, 0.15) is 11.9 Å². The molecule has 8 heteroatoms. The summed E-state index contributed by atoms with van der Waals surface area (Å²) in [6, 6.07) is 1.71. The van der Waals surface area contributed by atoms with E-state index in [-0.39, 0.29) is 19.1 Å². The Morgan fingerprint density at radius 3 is 2.85 bits per heavy atom. The number of halogens is 1. The van der Waals surface area contributed by atoms with Crippen LogP contribution in [0.15, 0.2) is 18.3 Å². The standard InChI is InChI=1S/C12H14ClN3O4/c1-20-8-4-9(11(17)18)16(6-8)12(19)15-10-3-2-7(13)5-14-10/h2-3,5,8-9H,4,6H2,1H3,(H,17,18)(H,14,15,19)/t8-,9-/m1/s1. The van der Waals surface area contributed by atoms with Crippen molar-refractivity contribution in [1.29, 1.82) is 0 Å². The molecule has 20 heavy (non-hydrogen) atoms. The lowest BCUT2D eigenvalue weighted by Crippen LogP contribution is -2.43. The Morgan fingerprint density at radius 1 is 1.55 bits per heavy atom. The van der Waals surface area contributed by atoms with Crippen molar-refractivity contribution in [3.8, 4) is 0 Å². The van der Waals surface area contributed by atoms with Gasteiger partial charge >= 0.3 is 12.0 Å². The van der Waals surface area contributed by atoms with E-state index in [1.807, 2.05) is 0 Å². The van der Waals surface area contributed by atoms with Gasteiger partial charge in [-0.2, -0.15) is 0 Å². The van der Waals surface area contributed by atoms with Crippen LogP contribution in [0.2, 0.25) is 5.02 Å². The number of ether oxygens (including phenoxy) is 1. The third-order valence-electron chi connectivity index (χ3n) is 3.10. The molecule has 2 heterocycles. The molecule has 0 bridgehead atoms. The van der Waals surface area contributed by atoms with Crippen molar-refractivity contribution >= 4 is 29.4 Å². The van der Waals surface area contributed by atoms with Crippen LogP contribution in [0, 0.1) is 0 Å². The molecule has 108 valence electrons. The third-order valence-corrected chi connectivity index (χ3v) is 3.33. The predicted octanol–water partition coefficient (Wildman–Crippen LogP) is 1.44. The number of carbonyl (C=O) groups excluding carboxylic acids is 1. The Hall–Kier alpha value is -1.86. The number of carboxylic acid groups (broad SMARTS) is 1. The summed E-state index contributed by atoms with van der Waals surface area (Å²) in [7, 11) is 1.49. The molecule has 0 aromatic carbocycles. The number of anilines is 1. The van der Waals surface area contributed by atoms with E-state index in [0.717, 1.165) is 0 Å². The summed E-state index contributed by atoms with van der Waals surface area (Å²) in [5.41, 5.74) is 0. The van der Waals surface area contributed by atoms with Crippen LogP contribution in [0.3, 0.4) is 0 Å². The number of rotatable bonds is 3. The average molecular weight is 300 g/mol. The van der Waals surface area contributed by atoms with Gasteiger partial charge in [0.25, 0.3) is 0 Å². The lowest BCUT2D eigenvalue weighted by atomic mass is 10.2. The Balaban J connectivity index is 2.07. The van der Waals surface area contributed by atoms with Gasteiger partial charge in [-0.05, 0) is 12.1 Å². The van der Waals surface area contributed by atoms with E-state index in [2.05, 4.69) is 10.3 Å². The predicted molar refractivity (Wildman–Crippen MR) is 71.8 cm³/mol. The van der Waals surface area contributed by atoms with E-state index in [4.69, 9.17) is 21.4 Å². The van der Waals surface area contributed by atoms with Gasteiger partial charge in [0.2, 0.25) is 0 Å². The molecule has 2 N–H and O–H groups in total. The van der Waals surface area contributed by atoms with E-state index < -0.39 is 18.0 Å². The van der Waals surface area contributed by atoms with Crippen LogP contribution in [-0.2, 0) is 9.53 Å². The van der Waals surface area contributed by atoms with Crippen LogP contribution < -0.4 is 5.32 Å². The van der Waals surface area contributed by atoms with E-state index in [9.17, 15) is 9.59 Å². The number of pyridine rings is 1. The zero-order valence-corrected chi connectivity index (χ0v) is 11.5. The number of likely N-dealkylation sites (tertiary alicyclic amines) is 1. The number of nitrogens with one attached hydrogen (secondary N) is 1. The Labute approximate surface area is 120 Å². The number of aromatic nitrogens is 1. The van der Waals surface area contributed by atoms with Crippen molar-refractivity contribution in [3.05, 3.63) is 23.4 Å². The van der Waals surface area contributed by atoms with E-state index in [1.165, 1.54) is 18.2 Å². The van der Waals surface area contributed by atoms with E-state index in [0.29, 0.717) is 10.8 Å². The first-order chi connectivity index (χ1) is 9.51. The highest BCUT2D eigenvalue weighted by molar-refractivity contribution is 6.30. The number of carboxylic acids is 1. The van der Waals surface area contributed by atoms with Crippen molar-refractivity contribution < 1.29 is 19.4 Å². The van der Waals surface area contributed by atoms with Gasteiger partial charge in [-0.1, -0.05) is 11.6 Å². The van der Waals surface area contributed by atoms with Crippen molar-refractivity contribution in [3.63, 3.8) is 0 Å². The largest absolute Gasteiger partial charge is 0.480 e. The van der Waals surface area contributed by atoms with E-state index in [1.54, 1.807) is 12.1 Å². The second-order valence-electron chi connectivity index (χ2n) is 4.39. The normalized spacial score (nSPS) is 21.8. The van der Waals surface area contributed by atoms with Gasteiger partial charge in [-0.25, -0.2) is 14.6 Å². The fraction of sp³-hybridized carbons (Fsp3) is 0.417. The van der Waals surface area contributed by atoms with Gasteiger partial charge in [0.05, 0.1) is 11.1 Å². The number of hydrogen-bond acceptors (Lipinski definition) is 4. The van der Waals surface area contributed by atoms with Gasteiger partial charge in [-0.3, -0.25) is 5.32 Å². The quantitative estimate of drug-likeness (QED) is 0.881. The first-order valence-corrected chi connectivity index (χ1v) is 6.34. The number of carbonyl (C=O) groups is 2.